The summed E-state index contributed by atoms with van der Waals surface area (Å²) in [5.74, 6) is 3.84. The predicted molar refractivity (Wildman–Crippen MR) is 203 cm³/mol. The SMILES string of the molecule is CCCC#Cc1cccc(CNCOC(=O)N2CC[C@@](N)(c3cc(F)cc(F)c3)[C@@]2(CCC)NC(=O)c2cc(C)cc(C(=O)N(CCC)CCC)c2)c1. The van der Waals surface area contributed by atoms with Gasteiger partial charge in [0.2, 0.25) is 0 Å². The molecular weight excluding hydrogens is 676 g/mol. The summed E-state index contributed by atoms with van der Waals surface area (Å²) < 4.78 is 35.1. The van der Waals surface area contributed by atoms with Crippen molar-refractivity contribution in [3.05, 3.63) is 106 Å². The van der Waals surface area contributed by atoms with Crippen LogP contribution >= 0.6 is 0 Å². The first-order chi connectivity index (χ1) is 25.4. The highest BCUT2D eigenvalue weighted by atomic mass is 19.1. The molecular formula is C42H53F2N5O4. The Morgan fingerprint density at radius 3 is 2.28 bits per heavy atom. The molecule has 9 nitrogen and oxygen atoms in total. The van der Waals surface area contributed by atoms with Crippen LogP contribution < -0.4 is 16.4 Å². The molecule has 1 aliphatic heterocycles. The van der Waals surface area contributed by atoms with E-state index in [-0.39, 0.29) is 43.2 Å². The molecule has 284 valence electrons. The summed E-state index contributed by atoms with van der Waals surface area (Å²) in [4.78, 5) is 45.0. The number of rotatable bonds is 15. The van der Waals surface area contributed by atoms with Gasteiger partial charge >= 0.3 is 6.09 Å². The van der Waals surface area contributed by atoms with E-state index in [1.165, 1.54) is 11.0 Å². The topological polar surface area (TPSA) is 117 Å². The van der Waals surface area contributed by atoms with E-state index >= 15 is 0 Å². The van der Waals surface area contributed by atoms with Gasteiger partial charge in [0, 0.05) is 55.4 Å². The van der Waals surface area contributed by atoms with Gasteiger partial charge in [-0.05, 0) is 98.2 Å². The Hall–Kier alpha value is -4.79. The number of halogens is 2. The molecule has 0 bridgehead atoms. The predicted octanol–water partition coefficient (Wildman–Crippen LogP) is 7.36. The van der Waals surface area contributed by atoms with Crippen molar-refractivity contribution in [2.45, 2.75) is 97.3 Å². The standard InChI is InChI=1S/C42H53F2N5O4/c1-6-10-11-13-31-14-12-15-32(23-31)28-46-29-53-40(52)49-20-17-41(45,35-25-36(43)27-37(44)26-35)42(49,16-7-2)47-38(50)33-21-30(5)22-34(24-33)39(51)48(18-8-3)19-9-4/h12,14-15,21-27,46H,6-10,16-20,28-29,45H2,1-5H3,(H,47,50)/t41-,42+/m1/s1. The molecule has 0 aliphatic carbocycles. The minimum Gasteiger partial charge on any atom is -0.433 e. The number of hydrogen-bond acceptors (Lipinski definition) is 6. The lowest BCUT2D eigenvalue weighted by molar-refractivity contribution is 0.0184. The highest BCUT2D eigenvalue weighted by Gasteiger charge is 2.61. The van der Waals surface area contributed by atoms with Gasteiger partial charge in [-0.3, -0.25) is 19.8 Å². The van der Waals surface area contributed by atoms with E-state index < -0.39 is 34.8 Å². The Bertz CT molecular complexity index is 1800. The second-order valence-electron chi connectivity index (χ2n) is 13.7. The molecule has 0 aromatic heterocycles. The van der Waals surface area contributed by atoms with Gasteiger partial charge in [0.1, 0.15) is 24.0 Å². The fourth-order valence-corrected chi connectivity index (χ4v) is 7.10. The number of nitrogens with two attached hydrogens (primary N) is 1. The molecule has 0 unspecified atom stereocenters. The minimum atomic E-state index is -1.66. The van der Waals surface area contributed by atoms with Crippen LogP contribution in [-0.4, -0.2) is 59.7 Å². The fraction of sp³-hybridized carbons (Fsp3) is 0.452. The van der Waals surface area contributed by atoms with Crippen LogP contribution in [-0.2, 0) is 16.8 Å². The third-order valence-corrected chi connectivity index (χ3v) is 9.48. The number of amides is 3. The molecule has 53 heavy (non-hydrogen) atoms. The zero-order valence-electron chi connectivity index (χ0n) is 31.6. The first-order valence-electron chi connectivity index (χ1n) is 18.6. The lowest BCUT2D eigenvalue weighted by atomic mass is 9.76. The van der Waals surface area contributed by atoms with Crippen LogP contribution in [0, 0.1) is 30.4 Å². The lowest BCUT2D eigenvalue weighted by Gasteiger charge is -2.48. The van der Waals surface area contributed by atoms with Crippen molar-refractivity contribution in [3.63, 3.8) is 0 Å². The minimum absolute atomic E-state index is 0.0345. The summed E-state index contributed by atoms with van der Waals surface area (Å²) in [6.45, 7) is 11.2. The van der Waals surface area contributed by atoms with Gasteiger partial charge in [0.25, 0.3) is 11.8 Å². The molecule has 1 heterocycles. The van der Waals surface area contributed by atoms with Crippen molar-refractivity contribution in [2.24, 2.45) is 5.73 Å². The molecule has 4 rings (SSSR count). The average molecular weight is 730 g/mol. The molecule has 0 radical (unpaired) electrons. The van der Waals surface area contributed by atoms with Gasteiger partial charge in [-0.15, -0.1) is 0 Å². The Balaban J connectivity index is 1.65. The number of unbranched alkanes of at least 4 members (excludes halogenated alkanes) is 1. The smallest absolute Gasteiger partial charge is 0.413 e. The van der Waals surface area contributed by atoms with Crippen LogP contribution in [0.5, 0.6) is 0 Å². The maximum absolute atomic E-state index is 14.7. The second kappa shape index (κ2) is 18.8. The van der Waals surface area contributed by atoms with E-state index in [0.717, 1.165) is 55.0 Å². The van der Waals surface area contributed by atoms with Crippen molar-refractivity contribution < 1.29 is 27.9 Å². The number of aryl methyl sites for hydroxylation is 1. The van der Waals surface area contributed by atoms with E-state index in [4.69, 9.17) is 10.5 Å². The summed E-state index contributed by atoms with van der Waals surface area (Å²) in [5, 5.41) is 6.17. The summed E-state index contributed by atoms with van der Waals surface area (Å²) in [6.07, 6.45) is 3.26. The monoisotopic (exact) mass is 729 g/mol. The number of hydrogen-bond donors (Lipinski definition) is 3. The molecule has 1 fully saturated rings. The van der Waals surface area contributed by atoms with Crippen molar-refractivity contribution in [1.82, 2.24) is 20.4 Å². The van der Waals surface area contributed by atoms with Crippen LogP contribution in [0.2, 0.25) is 0 Å². The first-order valence-corrected chi connectivity index (χ1v) is 18.6. The third kappa shape index (κ3) is 9.80. The molecule has 0 saturated carbocycles. The maximum Gasteiger partial charge on any atom is 0.413 e. The van der Waals surface area contributed by atoms with Crippen molar-refractivity contribution >= 4 is 17.9 Å². The van der Waals surface area contributed by atoms with Crippen LogP contribution in [0.15, 0.2) is 60.7 Å². The lowest BCUT2D eigenvalue weighted by Crippen LogP contribution is -2.71. The van der Waals surface area contributed by atoms with Gasteiger partial charge in [0.15, 0.2) is 0 Å². The largest absolute Gasteiger partial charge is 0.433 e. The van der Waals surface area contributed by atoms with Crippen molar-refractivity contribution in [2.75, 3.05) is 26.4 Å². The number of carbonyl (C=O) groups is 3. The Kier molecular flexibility index (Phi) is 14.5. The highest BCUT2D eigenvalue weighted by molar-refractivity contribution is 6.00. The van der Waals surface area contributed by atoms with E-state index in [1.807, 2.05) is 45.0 Å². The normalized spacial score (nSPS) is 17.9. The molecule has 1 aliphatic rings. The fourth-order valence-electron chi connectivity index (χ4n) is 7.10. The number of benzene rings is 3. The summed E-state index contributed by atoms with van der Waals surface area (Å²) in [5.41, 5.74) is 7.06. The second-order valence-corrected chi connectivity index (χ2v) is 13.7. The van der Waals surface area contributed by atoms with E-state index in [1.54, 1.807) is 24.0 Å². The Morgan fingerprint density at radius 1 is 0.925 bits per heavy atom. The summed E-state index contributed by atoms with van der Waals surface area (Å²) in [6, 6.07) is 15.7. The van der Waals surface area contributed by atoms with Crippen LogP contribution in [0.25, 0.3) is 0 Å². The molecule has 1 saturated heterocycles. The average Bonchev–Trinajstić information content (AvgIpc) is 3.41. The molecule has 2 atom stereocenters. The van der Waals surface area contributed by atoms with Gasteiger partial charge in [-0.25, -0.2) is 13.6 Å². The number of nitrogens with zero attached hydrogens (tertiary/aromatic N) is 2. The summed E-state index contributed by atoms with van der Waals surface area (Å²) in [7, 11) is 0. The summed E-state index contributed by atoms with van der Waals surface area (Å²) >= 11 is 0. The Morgan fingerprint density at radius 2 is 1.62 bits per heavy atom. The Labute approximate surface area is 312 Å². The highest BCUT2D eigenvalue weighted by Crippen LogP contribution is 2.46. The molecule has 3 aromatic carbocycles. The molecule has 3 aromatic rings. The quantitative estimate of drug-likeness (QED) is 0.0856. The van der Waals surface area contributed by atoms with Gasteiger partial charge < -0.3 is 20.7 Å². The van der Waals surface area contributed by atoms with Gasteiger partial charge in [0.05, 0.1) is 5.54 Å². The van der Waals surface area contributed by atoms with E-state index in [0.29, 0.717) is 37.2 Å². The number of ether oxygens (including phenoxy) is 1. The molecule has 4 N–H and O–H groups in total. The van der Waals surface area contributed by atoms with Crippen molar-refractivity contribution in [3.8, 4) is 11.8 Å². The van der Waals surface area contributed by atoms with E-state index in [9.17, 15) is 23.2 Å². The maximum atomic E-state index is 14.7. The molecule has 0 spiro atoms. The van der Waals surface area contributed by atoms with Crippen LogP contribution in [0.4, 0.5) is 13.6 Å². The first kappa shape index (κ1) is 41.0. The van der Waals surface area contributed by atoms with Gasteiger partial charge in [-0.1, -0.05) is 58.1 Å². The number of nitrogens with one attached hydrogen (secondary N) is 2. The zero-order chi connectivity index (χ0) is 38.6. The third-order valence-electron chi connectivity index (χ3n) is 9.48. The van der Waals surface area contributed by atoms with Gasteiger partial charge in [-0.2, -0.15) is 0 Å². The zero-order valence-corrected chi connectivity index (χ0v) is 31.6. The molecule has 3 amide bonds. The van der Waals surface area contributed by atoms with Crippen LogP contribution in [0.3, 0.4) is 0 Å². The number of carbonyl (C=O) groups excluding carboxylic acids is 3. The van der Waals surface area contributed by atoms with Crippen LogP contribution in [0.1, 0.15) is 116 Å². The number of likely N-dealkylation sites (tertiary alicyclic amines) is 1. The van der Waals surface area contributed by atoms with E-state index in [2.05, 4.69) is 29.4 Å². The molecule has 11 heteroatoms. The van der Waals surface area contributed by atoms with Crippen molar-refractivity contribution in [1.29, 1.82) is 0 Å².